The van der Waals surface area contributed by atoms with Crippen LogP contribution in [0.4, 0.5) is 5.69 Å². The number of benzene rings is 3. The van der Waals surface area contributed by atoms with E-state index in [1.165, 1.54) is 6.07 Å². The summed E-state index contributed by atoms with van der Waals surface area (Å²) in [5, 5.41) is 13.2. The molecule has 0 bridgehead atoms. The highest BCUT2D eigenvalue weighted by molar-refractivity contribution is 6.10. The number of hydrogen-bond acceptors (Lipinski definition) is 5. The molecular weight excluding hydrogens is 370 g/mol. The predicted molar refractivity (Wildman–Crippen MR) is 108 cm³/mol. The van der Waals surface area contributed by atoms with E-state index < -0.39 is 22.8 Å². The Bertz CT molecular complexity index is 1270. The molecule has 3 aromatic carbocycles. The highest BCUT2D eigenvalue weighted by atomic mass is 16.4. The molecule has 0 atom stereocenters. The Labute approximate surface area is 165 Å². The van der Waals surface area contributed by atoms with Gasteiger partial charge in [0.2, 0.25) is 0 Å². The van der Waals surface area contributed by atoms with Gasteiger partial charge in [-0.05, 0) is 36.4 Å². The van der Waals surface area contributed by atoms with Crippen molar-refractivity contribution in [2.45, 2.75) is 0 Å². The fourth-order valence-corrected chi connectivity index (χ4v) is 2.99. The second-order valence-electron chi connectivity index (χ2n) is 6.34. The SMILES string of the molecule is O=C(c1ccccc1)c1ccc(NC(=O)c2c(O)c3ccccc3oc2=O)cc1. The molecule has 0 fully saturated rings. The Balaban J connectivity index is 1.59. The van der Waals surface area contributed by atoms with Crippen molar-refractivity contribution < 1.29 is 19.1 Å². The lowest BCUT2D eigenvalue weighted by Gasteiger charge is -2.08. The second kappa shape index (κ2) is 7.44. The van der Waals surface area contributed by atoms with Crippen molar-refractivity contribution in [1.29, 1.82) is 0 Å². The molecular formula is C23H15NO5. The number of fused-ring (bicyclic) bond motifs is 1. The fourth-order valence-electron chi connectivity index (χ4n) is 2.99. The smallest absolute Gasteiger partial charge is 0.353 e. The van der Waals surface area contributed by atoms with E-state index in [9.17, 15) is 19.5 Å². The lowest BCUT2D eigenvalue weighted by Crippen LogP contribution is -2.21. The van der Waals surface area contributed by atoms with Crippen LogP contribution in [0.15, 0.2) is 88.1 Å². The highest BCUT2D eigenvalue weighted by Gasteiger charge is 2.21. The van der Waals surface area contributed by atoms with Crippen LogP contribution in [0.5, 0.6) is 5.75 Å². The summed E-state index contributed by atoms with van der Waals surface area (Å²) >= 11 is 0. The van der Waals surface area contributed by atoms with Crippen molar-refractivity contribution in [2.75, 3.05) is 5.32 Å². The lowest BCUT2D eigenvalue weighted by atomic mass is 10.0. The highest BCUT2D eigenvalue weighted by Crippen LogP contribution is 2.26. The molecule has 0 saturated heterocycles. The number of rotatable bonds is 4. The first-order valence-corrected chi connectivity index (χ1v) is 8.80. The van der Waals surface area contributed by atoms with E-state index in [1.807, 2.05) is 6.07 Å². The Morgan fingerprint density at radius 3 is 2.14 bits per heavy atom. The standard InChI is InChI=1S/C23H15NO5/c25-20(14-6-2-1-3-7-14)15-10-12-16(13-11-15)24-22(27)19-21(26)17-8-4-5-9-18(17)29-23(19)28/h1-13,26H,(H,24,27). The van der Waals surface area contributed by atoms with Crippen LogP contribution < -0.4 is 10.9 Å². The van der Waals surface area contributed by atoms with E-state index in [2.05, 4.69) is 5.32 Å². The number of aromatic hydroxyl groups is 1. The van der Waals surface area contributed by atoms with Gasteiger partial charge in [-0.15, -0.1) is 0 Å². The predicted octanol–water partition coefficient (Wildman–Crippen LogP) is 3.98. The van der Waals surface area contributed by atoms with Crippen LogP contribution >= 0.6 is 0 Å². The zero-order chi connectivity index (χ0) is 20.4. The molecule has 6 nitrogen and oxygen atoms in total. The van der Waals surface area contributed by atoms with Crippen molar-refractivity contribution in [1.82, 2.24) is 0 Å². The van der Waals surface area contributed by atoms with E-state index >= 15 is 0 Å². The quantitative estimate of drug-likeness (QED) is 0.409. The molecule has 1 aromatic heterocycles. The maximum Gasteiger partial charge on any atom is 0.353 e. The second-order valence-corrected chi connectivity index (χ2v) is 6.34. The van der Waals surface area contributed by atoms with Crippen molar-refractivity contribution in [3.05, 3.63) is 106 Å². The third-order valence-electron chi connectivity index (χ3n) is 4.45. The Hall–Kier alpha value is -4.19. The Kier molecular flexibility index (Phi) is 4.66. The summed E-state index contributed by atoms with van der Waals surface area (Å²) in [4.78, 5) is 37.1. The van der Waals surface area contributed by atoms with Crippen LogP contribution in [0.3, 0.4) is 0 Å². The molecule has 2 N–H and O–H groups in total. The molecule has 0 aliphatic rings. The average Bonchev–Trinajstić information content (AvgIpc) is 2.74. The summed E-state index contributed by atoms with van der Waals surface area (Å²) in [5.74, 6) is -1.38. The van der Waals surface area contributed by atoms with Crippen molar-refractivity contribution in [3.63, 3.8) is 0 Å². The van der Waals surface area contributed by atoms with E-state index in [1.54, 1.807) is 66.7 Å². The third kappa shape index (κ3) is 3.51. The van der Waals surface area contributed by atoms with Crippen molar-refractivity contribution in [3.8, 4) is 5.75 Å². The van der Waals surface area contributed by atoms with Crippen LogP contribution in [0.1, 0.15) is 26.3 Å². The van der Waals surface area contributed by atoms with Gasteiger partial charge in [-0.1, -0.05) is 42.5 Å². The number of hydrogen-bond donors (Lipinski definition) is 2. The molecule has 0 spiro atoms. The summed E-state index contributed by atoms with van der Waals surface area (Å²) in [6, 6.07) is 21.5. The summed E-state index contributed by atoms with van der Waals surface area (Å²) in [5.41, 5.74) is 0.162. The number of ketones is 1. The lowest BCUT2D eigenvalue weighted by molar-refractivity contribution is 0.101. The van der Waals surface area contributed by atoms with Gasteiger partial charge in [0, 0.05) is 16.8 Å². The normalized spacial score (nSPS) is 10.6. The van der Waals surface area contributed by atoms with Gasteiger partial charge in [0.05, 0.1) is 5.39 Å². The molecule has 4 rings (SSSR count). The van der Waals surface area contributed by atoms with Crippen LogP contribution in [0, 0.1) is 0 Å². The van der Waals surface area contributed by atoms with Gasteiger partial charge in [-0.25, -0.2) is 4.79 Å². The zero-order valence-electron chi connectivity index (χ0n) is 15.1. The van der Waals surface area contributed by atoms with Crippen molar-refractivity contribution in [2.24, 2.45) is 0 Å². The Morgan fingerprint density at radius 2 is 1.41 bits per heavy atom. The Morgan fingerprint density at radius 1 is 0.793 bits per heavy atom. The number of nitrogens with one attached hydrogen (secondary N) is 1. The van der Waals surface area contributed by atoms with Crippen LogP contribution in [-0.2, 0) is 0 Å². The van der Waals surface area contributed by atoms with E-state index in [0.29, 0.717) is 16.8 Å². The van der Waals surface area contributed by atoms with Gasteiger partial charge in [0.1, 0.15) is 11.3 Å². The number of para-hydroxylation sites is 1. The number of anilines is 1. The molecule has 29 heavy (non-hydrogen) atoms. The molecule has 0 saturated carbocycles. The molecule has 0 aliphatic heterocycles. The topological polar surface area (TPSA) is 96.6 Å². The van der Waals surface area contributed by atoms with Crippen LogP contribution in [0.25, 0.3) is 11.0 Å². The summed E-state index contributed by atoms with van der Waals surface area (Å²) in [6.45, 7) is 0. The number of amides is 1. The maximum absolute atomic E-state index is 12.5. The first kappa shape index (κ1) is 18.2. The largest absolute Gasteiger partial charge is 0.506 e. The van der Waals surface area contributed by atoms with Gasteiger partial charge >= 0.3 is 5.63 Å². The number of carbonyl (C=O) groups is 2. The molecule has 0 radical (unpaired) electrons. The minimum Gasteiger partial charge on any atom is -0.506 e. The first-order chi connectivity index (χ1) is 14.0. The molecule has 1 amide bonds. The van der Waals surface area contributed by atoms with E-state index in [-0.39, 0.29) is 16.8 Å². The van der Waals surface area contributed by atoms with Gasteiger partial charge in [-0.3, -0.25) is 9.59 Å². The molecule has 6 heteroatoms. The first-order valence-electron chi connectivity index (χ1n) is 8.80. The summed E-state index contributed by atoms with van der Waals surface area (Å²) in [7, 11) is 0. The number of carbonyl (C=O) groups excluding carboxylic acids is 2. The molecule has 0 unspecified atom stereocenters. The van der Waals surface area contributed by atoms with Gasteiger partial charge < -0.3 is 14.8 Å². The van der Waals surface area contributed by atoms with E-state index in [4.69, 9.17) is 4.42 Å². The van der Waals surface area contributed by atoms with Gasteiger partial charge in [0.15, 0.2) is 11.3 Å². The molecule has 4 aromatic rings. The molecule has 1 heterocycles. The third-order valence-corrected chi connectivity index (χ3v) is 4.45. The minimum absolute atomic E-state index is 0.142. The van der Waals surface area contributed by atoms with Gasteiger partial charge in [-0.2, -0.15) is 0 Å². The van der Waals surface area contributed by atoms with Crippen LogP contribution in [0.2, 0.25) is 0 Å². The van der Waals surface area contributed by atoms with Crippen LogP contribution in [-0.4, -0.2) is 16.8 Å². The monoisotopic (exact) mass is 385 g/mol. The van der Waals surface area contributed by atoms with E-state index in [0.717, 1.165) is 0 Å². The maximum atomic E-state index is 12.5. The average molecular weight is 385 g/mol. The molecule has 0 aliphatic carbocycles. The minimum atomic E-state index is -0.936. The zero-order valence-corrected chi connectivity index (χ0v) is 15.1. The summed E-state index contributed by atoms with van der Waals surface area (Å²) < 4.78 is 5.11. The van der Waals surface area contributed by atoms with Crippen molar-refractivity contribution >= 4 is 28.3 Å². The summed E-state index contributed by atoms with van der Waals surface area (Å²) in [6.07, 6.45) is 0. The van der Waals surface area contributed by atoms with Gasteiger partial charge in [0.25, 0.3) is 5.91 Å². The molecule has 142 valence electrons. The fraction of sp³-hybridized carbons (Fsp3) is 0.